The predicted octanol–water partition coefficient (Wildman–Crippen LogP) is 2.35. The first-order chi connectivity index (χ1) is 13.7. The van der Waals surface area contributed by atoms with Crippen molar-refractivity contribution in [2.24, 2.45) is 4.99 Å². The highest BCUT2D eigenvalue weighted by molar-refractivity contribution is 5.96. The van der Waals surface area contributed by atoms with Gasteiger partial charge in [-0.1, -0.05) is 18.7 Å². The van der Waals surface area contributed by atoms with E-state index in [0.717, 1.165) is 68.4 Å². The summed E-state index contributed by atoms with van der Waals surface area (Å²) in [5.41, 5.74) is 2.48. The first-order valence-electron chi connectivity index (χ1n) is 9.98. The summed E-state index contributed by atoms with van der Waals surface area (Å²) in [6.07, 6.45) is 7.60. The van der Waals surface area contributed by atoms with Crippen LogP contribution in [0.1, 0.15) is 17.5 Å². The Bertz CT molecular complexity index is 841. The lowest BCUT2D eigenvalue weighted by molar-refractivity contribution is 0.158. The standard InChI is InChI=1S/C22H28FN5/c1-3-18-19-14-16(5-7-20(19)23)4-6-17-15-24-9-12-28(17)13-10-25-21-8-11-27(2)22(18)26-21/h3,5,7-8,11,14,17,24H,1,4,6,9-10,12-13,15H2,2H3,(H,25,26)/b22-18+. The second kappa shape index (κ2) is 8.29. The summed E-state index contributed by atoms with van der Waals surface area (Å²) in [7, 11) is 1.94. The van der Waals surface area contributed by atoms with Crippen LogP contribution in [0, 0.1) is 5.82 Å². The number of nitrogens with zero attached hydrogens (tertiary/aromatic N) is 3. The summed E-state index contributed by atoms with van der Waals surface area (Å²) >= 11 is 0. The number of aliphatic imine (C=N–C) groups is 1. The molecule has 0 spiro atoms. The molecule has 28 heavy (non-hydrogen) atoms. The molecule has 0 aromatic heterocycles. The first kappa shape index (κ1) is 18.9. The lowest BCUT2D eigenvalue weighted by atomic mass is 9.97. The molecule has 0 radical (unpaired) electrons. The number of aryl methyl sites for hydroxylation is 1. The molecule has 0 aliphatic carbocycles. The fraction of sp³-hybridized carbons (Fsp3) is 0.409. The van der Waals surface area contributed by atoms with Crippen molar-refractivity contribution in [3.8, 4) is 0 Å². The van der Waals surface area contributed by atoms with Crippen LogP contribution in [0.2, 0.25) is 0 Å². The third-order valence-corrected chi connectivity index (χ3v) is 5.74. The van der Waals surface area contributed by atoms with Crippen LogP contribution >= 0.6 is 0 Å². The molecule has 3 aliphatic rings. The van der Waals surface area contributed by atoms with E-state index < -0.39 is 0 Å². The third-order valence-electron chi connectivity index (χ3n) is 5.74. The molecule has 3 heterocycles. The molecule has 1 aromatic carbocycles. The zero-order chi connectivity index (χ0) is 19.5. The maximum absolute atomic E-state index is 14.7. The largest absolute Gasteiger partial charge is 0.337 e. The van der Waals surface area contributed by atoms with Crippen molar-refractivity contribution in [2.75, 3.05) is 39.8 Å². The van der Waals surface area contributed by atoms with E-state index in [0.29, 0.717) is 11.6 Å². The SMILES string of the molecule is C=C/C1=C2/NC(=NCCN3CCNCC3CCc3ccc(F)c1c3)C=CN2C. The van der Waals surface area contributed by atoms with E-state index in [9.17, 15) is 4.39 Å². The minimum absolute atomic E-state index is 0.234. The van der Waals surface area contributed by atoms with E-state index in [1.54, 1.807) is 12.1 Å². The zero-order valence-electron chi connectivity index (χ0n) is 16.4. The zero-order valence-corrected chi connectivity index (χ0v) is 16.4. The van der Waals surface area contributed by atoms with Gasteiger partial charge in [0, 0.05) is 56.6 Å². The quantitative estimate of drug-likeness (QED) is 0.784. The summed E-state index contributed by atoms with van der Waals surface area (Å²) < 4.78 is 14.7. The van der Waals surface area contributed by atoms with Gasteiger partial charge in [-0.25, -0.2) is 4.39 Å². The molecule has 3 aliphatic heterocycles. The number of allylic oxidation sites excluding steroid dienone is 2. The Hall–Kier alpha value is -2.44. The van der Waals surface area contributed by atoms with Crippen LogP contribution in [0.15, 0.2) is 53.9 Å². The molecule has 1 fully saturated rings. The van der Waals surface area contributed by atoms with Crippen LogP contribution in [0.4, 0.5) is 4.39 Å². The van der Waals surface area contributed by atoms with Crippen LogP contribution in [0.25, 0.3) is 5.57 Å². The number of benzene rings is 1. The molecule has 148 valence electrons. The molecule has 1 unspecified atom stereocenters. The minimum atomic E-state index is -0.234. The molecule has 2 N–H and O–H groups in total. The summed E-state index contributed by atoms with van der Waals surface area (Å²) in [5.74, 6) is 1.36. The van der Waals surface area contributed by atoms with Gasteiger partial charge < -0.3 is 15.5 Å². The van der Waals surface area contributed by atoms with E-state index >= 15 is 0 Å². The number of fused-ring (bicyclic) bond motifs is 5. The Kier molecular flexibility index (Phi) is 5.59. The molecule has 1 saturated heterocycles. The van der Waals surface area contributed by atoms with Crippen molar-refractivity contribution in [2.45, 2.75) is 18.9 Å². The molecule has 0 amide bonds. The molecule has 4 bridgehead atoms. The topological polar surface area (TPSA) is 42.9 Å². The third kappa shape index (κ3) is 3.88. The van der Waals surface area contributed by atoms with Gasteiger partial charge in [0.2, 0.25) is 0 Å². The van der Waals surface area contributed by atoms with Gasteiger partial charge in [-0.3, -0.25) is 9.89 Å². The van der Waals surface area contributed by atoms with E-state index in [1.807, 2.05) is 36.4 Å². The van der Waals surface area contributed by atoms with Crippen LogP contribution in [-0.2, 0) is 6.42 Å². The monoisotopic (exact) mass is 381 g/mol. The average molecular weight is 381 g/mol. The molecule has 0 saturated carbocycles. The molecule has 1 atom stereocenters. The molecule has 4 rings (SSSR count). The summed E-state index contributed by atoms with van der Waals surface area (Å²) in [6.45, 7) is 8.69. The van der Waals surface area contributed by atoms with E-state index in [-0.39, 0.29) is 5.82 Å². The van der Waals surface area contributed by atoms with E-state index in [2.05, 4.69) is 22.1 Å². The Morgan fingerprint density at radius 2 is 2.21 bits per heavy atom. The average Bonchev–Trinajstić information content (AvgIpc) is 2.71. The van der Waals surface area contributed by atoms with Gasteiger partial charge >= 0.3 is 0 Å². The van der Waals surface area contributed by atoms with Gasteiger partial charge in [0.1, 0.15) is 17.5 Å². The van der Waals surface area contributed by atoms with Crippen molar-refractivity contribution in [3.63, 3.8) is 0 Å². The lowest BCUT2D eigenvalue weighted by Crippen LogP contribution is -2.52. The van der Waals surface area contributed by atoms with Crippen molar-refractivity contribution >= 4 is 11.4 Å². The van der Waals surface area contributed by atoms with Crippen molar-refractivity contribution in [1.82, 2.24) is 20.4 Å². The molecular weight excluding hydrogens is 353 g/mol. The van der Waals surface area contributed by atoms with Crippen LogP contribution in [-0.4, -0.2) is 61.4 Å². The van der Waals surface area contributed by atoms with E-state index in [4.69, 9.17) is 4.99 Å². The predicted molar refractivity (Wildman–Crippen MR) is 112 cm³/mol. The maximum Gasteiger partial charge on any atom is 0.131 e. The van der Waals surface area contributed by atoms with Crippen molar-refractivity contribution in [1.29, 1.82) is 0 Å². The first-order valence-corrected chi connectivity index (χ1v) is 9.98. The number of nitrogens with one attached hydrogen (secondary N) is 2. The van der Waals surface area contributed by atoms with Gasteiger partial charge in [-0.05, 0) is 36.6 Å². The number of hydrogen-bond donors (Lipinski definition) is 2. The van der Waals surface area contributed by atoms with Gasteiger partial charge in [0.05, 0.1) is 6.54 Å². The van der Waals surface area contributed by atoms with Gasteiger partial charge in [-0.15, -0.1) is 0 Å². The number of piperazine rings is 1. The Labute approximate surface area is 166 Å². The normalized spacial score (nSPS) is 26.0. The number of rotatable bonds is 1. The fourth-order valence-corrected chi connectivity index (χ4v) is 4.14. The lowest BCUT2D eigenvalue weighted by Gasteiger charge is -2.36. The summed E-state index contributed by atoms with van der Waals surface area (Å²) in [5, 5.41) is 6.87. The summed E-state index contributed by atoms with van der Waals surface area (Å²) in [6, 6.07) is 5.93. The maximum atomic E-state index is 14.7. The van der Waals surface area contributed by atoms with Gasteiger partial charge in [0.15, 0.2) is 0 Å². The number of hydrogen-bond acceptors (Lipinski definition) is 5. The van der Waals surface area contributed by atoms with Crippen LogP contribution < -0.4 is 10.6 Å². The van der Waals surface area contributed by atoms with Crippen LogP contribution in [0.5, 0.6) is 0 Å². The molecular formula is C22H28FN5. The Morgan fingerprint density at radius 3 is 3.07 bits per heavy atom. The molecule has 5 nitrogen and oxygen atoms in total. The fourth-order valence-electron chi connectivity index (χ4n) is 4.14. The number of amidine groups is 1. The van der Waals surface area contributed by atoms with Gasteiger partial charge in [0.25, 0.3) is 0 Å². The van der Waals surface area contributed by atoms with Crippen LogP contribution in [0.3, 0.4) is 0 Å². The Balaban J connectivity index is 1.78. The number of halogens is 1. The highest BCUT2D eigenvalue weighted by atomic mass is 19.1. The van der Waals surface area contributed by atoms with E-state index in [1.165, 1.54) is 0 Å². The smallest absolute Gasteiger partial charge is 0.131 e. The second-order valence-corrected chi connectivity index (χ2v) is 7.53. The summed E-state index contributed by atoms with van der Waals surface area (Å²) in [4.78, 5) is 9.22. The van der Waals surface area contributed by atoms with Gasteiger partial charge in [-0.2, -0.15) is 0 Å². The molecule has 6 heteroatoms. The molecule has 1 aromatic rings. The highest BCUT2D eigenvalue weighted by Crippen LogP contribution is 2.27. The highest BCUT2D eigenvalue weighted by Gasteiger charge is 2.23. The minimum Gasteiger partial charge on any atom is -0.337 e. The van der Waals surface area contributed by atoms with Crippen molar-refractivity contribution < 1.29 is 4.39 Å². The Morgan fingerprint density at radius 1 is 1.32 bits per heavy atom. The second-order valence-electron chi connectivity index (χ2n) is 7.53. The van der Waals surface area contributed by atoms with Crippen molar-refractivity contribution in [3.05, 3.63) is 65.9 Å².